The fourth-order valence-corrected chi connectivity index (χ4v) is 4.30. The van der Waals surface area contributed by atoms with E-state index in [2.05, 4.69) is 0 Å². The lowest BCUT2D eigenvalue weighted by atomic mass is 9.96. The molecular weight excluding hydrogens is 401 g/mol. The second-order valence-electron chi connectivity index (χ2n) is 7.82. The molecule has 3 amide bonds. The Morgan fingerprint density at radius 2 is 1.87 bits per heavy atom. The number of carbonyl (C=O) groups excluding carboxylic acids is 2. The lowest BCUT2D eigenvalue weighted by Gasteiger charge is -2.36. The van der Waals surface area contributed by atoms with Gasteiger partial charge in [0.05, 0.1) is 14.2 Å². The number of nitrogens with zero attached hydrogens (tertiary/aromatic N) is 3. The van der Waals surface area contributed by atoms with Crippen LogP contribution in [0.1, 0.15) is 18.9 Å². The first-order chi connectivity index (χ1) is 14.9. The second-order valence-corrected chi connectivity index (χ2v) is 7.82. The first kappa shape index (κ1) is 21.0. The van der Waals surface area contributed by atoms with Crippen molar-refractivity contribution in [2.24, 2.45) is 0 Å². The number of methoxy groups -OCH3 is 2. The molecule has 0 aliphatic carbocycles. The van der Waals surface area contributed by atoms with Gasteiger partial charge in [-0.1, -0.05) is 0 Å². The summed E-state index contributed by atoms with van der Waals surface area (Å²) in [6.45, 7) is 2.87. The van der Waals surface area contributed by atoms with Crippen molar-refractivity contribution in [3.8, 4) is 11.5 Å². The number of aryl methyl sites for hydroxylation is 1. The number of hydrogen-bond donors (Lipinski definition) is 0. The topological polar surface area (TPSA) is 62.3 Å². The van der Waals surface area contributed by atoms with Crippen LogP contribution in [-0.2, 0) is 11.2 Å². The third kappa shape index (κ3) is 3.89. The molecule has 2 aliphatic rings. The molecule has 164 valence electrons. The van der Waals surface area contributed by atoms with E-state index >= 15 is 0 Å². The minimum absolute atomic E-state index is 0.00915. The van der Waals surface area contributed by atoms with Crippen molar-refractivity contribution < 1.29 is 23.5 Å². The van der Waals surface area contributed by atoms with Gasteiger partial charge in [-0.2, -0.15) is 0 Å². The van der Waals surface area contributed by atoms with Gasteiger partial charge in [0.25, 0.3) is 0 Å². The molecule has 7 nitrogen and oxygen atoms in total. The number of anilines is 2. The van der Waals surface area contributed by atoms with Crippen LogP contribution in [0, 0.1) is 5.82 Å². The molecule has 0 aromatic heterocycles. The highest BCUT2D eigenvalue weighted by molar-refractivity contribution is 6.01. The van der Waals surface area contributed by atoms with Crippen LogP contribution in [-0.4, -0.2) is 56.7 Å². The standard InChI is InChI=1S/C23H26FN3O4/c1-15-4-5-16-12-17(24)6-8-19(16)27(15)22(28)14-25-10-11-26(23(25)29)18-7-9-20(30-2)21(13-18)31-3/h6-9,12-13,15H,4-5,10-11,14H2,1-3H3. The number of ether oxygens (including phenoxy) is 2. The molecule has 31 heavy (non-hydrogen) atoms. The van der Waals surface area contributed by atoms with E-state index in [0.29, 0.717) is 30.3 Å². The van der Waals surface area contributed by atoms with E-state index in [-0.39, 0.29) is 30.3 Å². The number of urea groups is 1. The van der Waals surface area contributed by atoms with Gasteiger partial charge in [-0.25, -0.2) is 9.18 Å². The maximum atomic E-state index is 13.6. The zero-order valence-electron chi connectivity index (χ0n) is 17.9. The lowest BCUT2D eigenvalue weighted by Crippen LogP contribution is -2.48. The maximum absolute atomic E-state index is 13.6. The smallest absolute Gasteiger partial charge is 0.325 e. The molecular formula is C23H26FN3O4. The van der Waals surface area contributed by atoms with Crippen LogP contribution < -0.4 is 19.3 Å². The van der Waals surface area contributed by atoms with Crippen LogP contribution >= 0.6 is 0 Å². The number of fused-ring (bicyclic) bond motifs is 1. The summed E-state index contributed by atoms with van der Waals surface area (Å²) >= 11 is 0. The normalized spacial score (nSPS) is 18.3. The Labute approximate surface area is 180 Å². The molecule has 0 radical (unpaired) electrons. The zero-order chi connectivity index (χ0) is 22.1. The van der Waals surface area contributed by atoms with Crippen molar-refractivity contribution in [3.05, 3.63) is 47.8 Å². The first-order valence-corrected chi connectivity index (χ1v) is 10.3. The third-order valence-electron chi connectivity index (χ3n) is 5.94. The molecule has 2 aromatic rings. The van der Waals surface area contributed by atoms with Crippen LogP contribution in [0.2, 0.25) is 0 Å². The van der Waals surface area contributed by atoms with Gasteiger partial charge in [0.2, 0.25) is 5.91 Å². The summed E-state index contributed by atoms with van der Waals surface area (Å²) in [5.41, 5.74) is 2.24. The summed E-state index contributed by atoms with van der Waals surface area (Å²) in [6.07, 6.45) is 1.49. The molecule has 4 rings (SSSR count). The van der Waals surface area contributed by atoms with Crippen molar-refractivity contribution in [1.29, 1.82) is 0 Å². The summed E-state index contributed by atoms with van der Waals surface area (Å²) in [5.74, 6) is 0.649. The Bertz CT molecular complexity index is 1010. The summed E-state index contributed by atoms with van der Waals surface area (Å²) in [4.78, 5) is 31.0. The van der Waals surface area contributed by atoms with Crippen LogP contribution in [0.4, 0.5) is 20.6 Å². The molecule has 8 heteroatoms. The van der Waals surface area contributed by atoms with Crippen molar-refractivity contribution in [3.63, 3.8) is 0 Å². The molecule has 1 fully saturated rings. The molecule has 2 heterocycles. The minimum Gasteiger partial charge on any atom is -0.493 e. The van der Waals surface area contributed by atoms with Crippen LogP contribution in [0.25, 0.3) is 0 Å². The predicted molar refractivity (Wildman–Crippen MR) is 116 cm³/mol. The van der Waals surface area contributed by atoms with Crippen LogP contribution in [0.5, 0.6) is 11.5 Å². The SMILES string of the molecule is COc1ccc(N2CCN(CC(=O)N3c4ccc(F)cc4CCC3C)C2=O)cc1OC. The zero-order valence-corrected chi connectivity index (χ0v) is 17.9. The largest absolute Gasteiger partial charge is 0.493 e. The van der Waals surface area contributed by atoms with E-state index in [9.17, 15) is 14.0 Å². The molecule has 2 aliphatic heterocycles. The van der Waals surface area contributed by atoms with Crippen LogP contribution in [0.15, 0.2) is 36.4 Å². The number of carbonyl (C=O) groups is 2. The van der Waals surface area contributed by atoms with Gasteiger partial charge in [-0.3, -0.25) is 9.69 Å². The molecule has 2 aromatic carbocycles. The van der Waals surface area contributed by atoms with Gasteiger partial charge in [-0.15, -0.1) is 0 Å². The Balaban J connectivity index is 1.50. The van der Waals surface area contributed by atoms with Gasteiger partial charge < -0.3 is 19.3 Å². The van der Waals surface area contributed by atoms with Crippen molar-refractivity contribution in [2.45, 2.75) is 25.8 Å². The van der Waals surface area contributed by atoms with Crippen LogP contribution in [0.3, 0.4) is 0 Å². The third-order valence-corrected chi connectivity index (χ3v) is 5.94. The number of rotatable bonds is 5. The highest BCUT2D eigenvalue weighted by Gasteiger charge is 2.35. The van der Waals surface area contributed by atoms with E-state index in [0.717, 1.165) is 24.1 Å². The highest BCUT2D eigenvalue weighted by atomic mass is 19.1. The van der Waals surface area contributed by atoms with Gasteiger partial charge >= 0.3 is 6.03 Å². The quantitative estimate of drug-likeness (QED) is 0.733. The second kappa shape index (κ2) is 8.45. The van der Waals surface area contributed by atoms with Crippen molar-refractivity contribution in [2.75, 3.05) is 43.7 Å². The Kier molecular flexibility index (Phi) is 5.71. The lowest BCUT2D eigenvalue weighted by molar-refractivity contribution is -0.119. The molecule has 0 N–H and O–H groups in total. The fraction of sp³-hybridized carbons (Fsp3) is 0.391. The Morgan fingerprint density at radius 1 is 1.10 bits per heavy atom. The van der Waals surface area contributed by atoms with E-state index in [1.165, 1.54) is 12.1 Å². The molecule has 1 unspecified atom stereocenters. The van der Waals surface area contributed by atoms with Crippen molar-refractivity contribution >= 4 is 23.3 Å². The Hall–Kier alpha value is -3.29. The summed E-state index contributed by atoms with van der Waals surface area (Å²) < 4.78 is 24.2. The first-order valence-electron chi connectivity index (χ1n) is 10.3. The molecule has 0 bridgehead atoms. The van der Waals surface area contributed by atoms with Crippen molar-refractivity contribution in [1.82, 2.24) is 4.90 Å². The van der Waals surface area contributed by atoms with Gasteiger partial charge in [0, 0.05) is 36.6 Å². The molecule has 0 saturated carbocycles. The average molecular weight is 427 g/mol. The average Bonchev–Trinajstić information content (AvgIpc) is 3.13. The minimum atomic E-state index is -0.305. The molecule has 0 spiro atoms. The number of benzene rings is 2. The fourth-order valence-electron chi connectivity index (χ4n) is 4.30. The predicted octanol–water partition coefficient (Wildman–Crippen LogP) is 3.45. The van der Waals surface area contributed by atoms with Gasteiger partial charge in [0.15, 0.2) is 11.5 Å². The van der Waals surface area contributed by atoms with E-state index in [1.807, 2.05) is 6.92 Å². The summed E-state index contributed by atoms with van der Waals surface area (Å²) in [5, 5.41) is 0. The molecule has 1 saturated heterocycles. The summed E-state index contributed by atoms with van der Waals surface area (Å²) in [6, 6.07) is 9.57. The Morgan fingerprint density at radius 3 is 2.61 bits per heavy atom. The number of halogens is 1. The molecule has 1 atom stereocenters. The highest BCUT2D eigenvalue weighted by Crippen LogP contribution is 2.34. The number of amides is 3. The van der Waals surface area contributed by atoms with E-state index in [1.54, 1.807) is 53.2 Å². The number of hydrogen-bond acceptors (Lipinski definition) is 4. The van der Waals surface area contributed by atoms with Gasteiger partial charge in [0.1, 0.15) is 12.4 Å². The van der Waals surface area contributed by atoms with E-state index in [4.69, 9.17) is 9.47 Å². The van der Waals surface area contributed by atoms with Gasteiger partial charge in [-0.05, 0) is 55.7 Å². The monoisotopic (exact) mass is 427 g/mol. The summed E-state index contributed by atoms with van der Waals surface area (Å²) in [7, 11) is 3.10. The maximum Gasteiger partial charge on any atom is 0.325 e. The van der Waals surface area contributed by atoms with E-state index < -0.39 is 0 Å².